The number of methoxy groups -OCH3 is 1. The van der Waals surface area contributed by atoms with Gasteiger partial charge in [0, 0.05) is 45.4 Å². The van der Waals surface area contributed by atoms with Gasteiger partial charge in [-0.25, -0.2) is 0 Å². The number of rotatable bonds is 5. The van der Waals surface area contributed by atoms with Gasteiger partial charge in [0.1, 0.15) is 6.54 Å². The summed E-state index contributed by atoms with van der Waals surface area (Å²) >= 11 is 0. The van der Waals surface area contributed by atoms with Crippen molar-refractivity contribution in [3.63, 3.8) is 0 Å². The van der Waals surface area contributed by atoms with E-state index >= 15 is 0 Å². The Kier molecular flexibility index (Phi) is 5.56. The molecular weight excluding hydrogens is 334 g/mol. The van der Waals surface area contributed by atoms with Crippen molar-refractivity contribution in [2.75, 3.05) is 51.3 Å². The molecule has 0 aromatic heterocycles. The molecule has 7 nitrogen and oxygen atoms in total. The van der Waals surface area contributed by atoms with Crippen molar-refractivity contribution in [2.24, 2.45) is 5.92 Å². The zero-order valence-electron chi connectivity index (χ0n) is 15.3. The highest BCUT2D eigenvalue weighted by atomic mass is 16.5. The molecule has 2 heterocycles. The van der Waals surface area contributed by atoms with Gasteiger partial charge in [0.15, 0.2) is 0 Å². The maximum absolute atomic E-state index is 12.7. The number of amides is 3. The van der Waals surface area contributed by atoms with Crippen LogP contribution in [0, 0.1) is 12.8 Å². The predicted molar refractivity (Wildman–Crippen MR) is 96.7 cm³/mol. The molecule has 1 aromatic rings. The van der Waals surface area contributed by atoms with E-state index in [1.54, 1.807) is 21.8 Å². The molecule has 0 N–H and O–H groups in total. The fourth-order valence-electron chi connectivity index (χ4n) is 3.47. The molecule has 2 saturated heterocycles. The molecular formula is C19H25N3O4. The van der Waals surface area contributed by atoms with Crippen LogP contribution in [0.4, 0.5) is 5.69 Å². The summed E-state index contributed by atoms with van der Waals surface area (Å²) in [5, 5.41) is 0. The molecule has 0 saturated carbocycles. The van der Waals surface area contributed by atoms with Crippen LogP contribution >= 0.6 is 0 Å². The van der Waals surface area contributed by atoms with Gasteiger partial charge in [-0.3, -0.25) is 14.4 Å². The first-order valence-electron chi connectivity index (χ1n) is 8.92. The molecule has 1 unspecified atom stereocenters. The lowest BCUT2D eigenvalue weighted by molar-refractivity contribution is -0.140. The van der Waals surface area contributed by atoms with E-state index in [-0.39, 0.29) is 36.6 Å². The molecule has 0 spiro atoms. The van der Waals surface area contributed by atoms with Crippen molar-refractivity contribution in [3.8, 4) is 0 Å². The highest BCUT2D eigenvalue weighted by Crippen LogP contribution is 2.23. The Morgan fingerprint density at radius 2 is 1.88 bits per heavy atom. The molecule has 0 aliphatic carbocycles. The summed E-state index contributed by atoms with van der Waals surface area (Å²) in [5.41, 5.74) is 1.99. The summed E-state index contributed by atoms with van der Waals surface area (Å²) in [4.78, 5) is 42.3. The predicted octanol–water partition coefficient (Wildman–Crippen LogP) is 0.665. The summed E-state index contributed by atoms with van der Waals surface area (Å²) < 4.78 is 5.00. The number of piperazine rings is 1. The van der Waals surface area contributed by atoms with Crippen molar-refractivity contribution in [1.82, 2.24) is 9.80 Å². The largest absolute Gasteiger partial charge is 0.383 e. The van der Waals surface area contributed by atoms with Gasteiger partial charge < -0.3 is 19.4 Å². The minimum Gasteiger partial charge on any atom is -0.383 e. The lowest BCUT2D eigenvalue weighted by Crippen LogP contribution is -2.54. The number of benzene rings is 1. The molecule has 7 heteroatoms. The van der Waals surface area contributed by atoms with Crippen LogP contribution in [-0.2, 0) is 19.1 Å². The summed E-state index contributed by atoms with van der Waals surface area (Å²) in [6, 6.07) is 7.79. The number of ether oxygens (including phenoxy) is 1. The normalized spacial score (nSPS) is 20.8. The average Bonchev–Trinajstić information content (AvgIpc) is 3.01. The molecule has 1 aromatic carbocycles. The molecule has 2 aliphatic heterocycles. The fraction of sp³-hybridized carbons (Fsp3) is 0.526. The third kappa shape index (κ3) is 3.88. The number of anilines is 1. The molecule has 0 radical (unpaired) electrons. The van der Waals surface area contributed by atoms with Crippen molar-refractivity contribution >= 4 is 23.4 Å². The van der Waals surface area contributed by atoms with Gasteiger partial charge in [-0.1, -0.05) is 17.7 Å². The van der Waals surface area contributed by atoms with E-state index in [1.165, 1.54) is 0 Å². The Morgan fingerprint density at radius 3 is 2.54 bits per heavy atom. The Hall–Kier alpha value is -2.41. The molecule has 140 valence electrons. The first-order chi connectivity index (χ1) is 12.5. The van der Waals surface area contributed by atoms with E-state index in [0.29, 0.717) is 32.8 Å². The third-order valence-electron chi connectivity index (χ3n) is 5.01. The maximum atomic E-state index is 12.7. The monoisotopic (exact) mass is 359 g/mol. The number of carbonyl (C=O) groups is 3. The number of hydrogen-bond acceptors (Lipinski definition) is 4. The van der Waals surface area contributed by atoms with Gasteiger partial charge in [0.25, 0.3) is 0 Å². The van der Waals surface area contributed by atoms with Gasteiger partial charge in [-0.05, 0) is 19.1 Å². The van der Waals surface area contributed by atoms with Crippen LogP contribution in [0.5, 0.6) is 0 Å². The topological polar surface area (TPSA) is 70.2 Å². The first-order valence-corrected chi connectivity index (χ1v) is 8.92. The van der Waals surface area contributed by atoms with Crippen molar-refractivity contribution in [1.29, 1.82) is 0 Å². The van der Waals surface area contributed by atoms with Gasteiger partial charge >= 0.3 is 0 Å². The van der Waals surface area contributed by atoms with Gasteiger partial charge in [-0.15, -0.1) is 0 Å². The van der Waals surface area contributed by atoms with Crippen LogP contribution in [0.1, 0.15) is 12.0 Å². The summed E-state index contributed by atoms with van der Waals surface area (Å²) in [6.45, 7) is 4.40. The third-order valence-corrected chi connectivity index (χ3v) is 5.01. The number of nitrogens with zero attached hydrogens (tertiary/aromatic N) is 3. The zero-order chi connectivity index (χ0) is 18.7. The standard InChI is InChI=1S/C19H25N3O4/c1-14-3-5-16(6-4-14)22-8-7-21(13-18(22)24)19(25)15-11-17(23)20(12-15)9-10-26-2/h3-6,15H,7-13H2,1-2H3. The molecule has 0 bridgehead atoms. The lowest BCUT2D eigenvalue weighted by atomic mass is 10.1. The summed E-state index contributed by atoms with van der Waals surface area (Å²) in [6.07, 6.45) is 0.217. The van der Waals surface area contributed by atoms with Gasteiger partial charge in [0.05, 0.1) is 12.5 Å². The smallest absolute Gasteiger partial charge is 0.246 e. The van der Waals surface area contributed by atoms with Crippen LogP contribution in [-0.4, -0.2) is 74.0 Å². The van der Waals surface area contributed by atoms with E-state index in [2.05, 4.69) is 0 Å². The minimum absolute atomic E-state index is 0.0231. The number of hydrogen-bond donors (Lipinski definition) is 0. The van der Waals surface area contributed by atoms with E-state index < -0.39 is 0 Å². The molecule has 2 aliphatic rings. The molecule has 3 amide bonds. The quantitative estimate of drug-likeness (QED) is 0.775. The lowest BCUT2D eigenvalue weighted by Gasteiger charge is -2.35. The van der Waals surface area contributed by atoms with Crippen molar-refractivity contribution in [3.05, 3.63) is 29.8 Å². The summed E-state index contributed by atoms with van der Waals surface area (Å²) in [5.74, 6) is -0.577. The van der Waals surface area contributed by atoms with Gasteiger partial charge in [-0.2, -0.15) is 0 Å². The van der Waals surface area contributed by atoms with Crippen LogP contribution in [0.15, 0.2) is 24.3 Å². The number of aryl methyl sites for hydroxylation is 1. The van der Waals surface area contributed by atoms with Gasteiger partial charge in [0.2, 0.25) is 17.7 Å². The zero-order valence-corrected chi connectivity index (χ0v) is 15.3. The molecule has 2 fully saturated rings. The Morgan fingerprint density at radius 1 is 1.15 bits per heavy atom. The highest BCUT2D eigenvalue weighted by molar-refractivity contribution is 5.99. The Labute approximate surface area is 153 Å². The highest BCUT2D eigenvalue weighted by Gasteiger charge is 2.38. The van der Waals surface area contributed by atoms with Crippen molar-refractivity contribution in [2.45, 2.75) is 13.3 Å². The SMILES string of the molecule is COCCN1CC(C(=O)N2CCN(c3ccc(C)cc3)C(=O)C2)CC1=O. The van der Waals surface area contributed by atoms with E-state index in [9.17, 15) is 14.4 Å². The number of likely N-dealkylation sites (tertiary alicyclic amines) is 1. The van der Waals surface area contributed by atoms with Crippen LogP contribution in [0.2, 0.25) is 0 Å². The van der Waals surface area contributed by atoms with E-state index in [1.807, 2.05) is 31.2 Å². The molecule has 1 atom stereocenters. The Bertz CT molecular complexity index is 689. The molecule has 3 rings (SSSR count). The second kappa shape index (κ2) is 7.86. The second-order valence-electron chi connectivity index (χ2n) is 6.87. The van der Waals surface area contributed by atoms with Crippen LogP contribution in [0.25, 0.3) is 0 Å². The van der Waals surface area contributed by atoms with Crippen LogP contribution in [0.3, 0.4) is 0 Å². The average molecular weight is 359 g/mol. The summed E-state index contributed by atoms with van der Waals surface area (Å²) in [7, 11) is 1.59. The van der Waals surface area contributed by atoms with Crippen molar-refractivity contribution < 1.29 is 19.1 Å². The van der Waals surface area contributed by atoms with E-state index in [4.69, 9.17) is 4.74 Å². The van der Waals surface area contributed by atoms with E-state index in [0.717, 1.165) is 11.3 Å². The second-order valence-corrected chi connectivity index (χ2v) is 6.87. The van der Waals surface area contributed by atoms with Crippen LogP contribution < -0.4 is 4.90 Å². The maximum Gasteiger partial charge on any atom is 0.246 e. The Balaban J connectivity index is 1.58. The first kappa shape index (κ1) is 18.4. The minimum atomic E-state index is -0.363. The fourth-order valence-corrected chi connectivity index (χ4v) is 3.47. The number of carbonyl (C=O) groups excluding carboxylic acids is 3. The molecule has 26 heavy (non-hydrogen) atoms.